The molecule has 0 spiro atoms. The molecule has 0 bridgehead atoms. The number of nitrogens with zero attached hydrogens (tertiary/aromatic N) is 4. The fraction of sp³-hybridized carbons (Fsp3) is 0.375. The standard InChI is InChI=1S/C16H21N5/c17-16-2-1-15(13-19-16)21-11-9-20(10-12-21)8-5-14-3-6-18-7-4-14/h1-4,6-7,13H,5,8-12H2,(H2,17,19). The topological polar surface area (TPSA) is 58.3 Å². The van der Waals surface area contributed by atoms with E-state index in [0.717, 1.165) is 44.8 Å². The van der Waals surface area contributed by atoms with Crippen LogP contribution in [0, 0.1) is 0 Å². The fourth-order valence-electron chi connectivity index (χ4n) is 2.65. The van der Waals surface area contributed by atoms with Crippen LogP contribution in [0.5, 0.6) is 0 Å². The summed E-state index contributed by atoms with van der Waals surface area (Å²) in [6.07, 6.45) is 6.68. The van der Waals surface area contributed by atoms with Gasteiger partial charge in [0.05, 0.1) is 11.9 Å². The van der Waals surface area contributed by atoms with Gasteiger partial charge in [-0.1, -0.05) is 0 Å². The molecule has 0 unspecified atom stereocenters. The van der Waals surface area contributed by atoms with E-state index in [1.807, 2.05) is 24.7 Å². The first kappa shape index (κ1) is 13.8. The number of nitrogens with two attached hydrogens (primary N) is 1. The second-order valence-electron chi connectivity index (χ2n) is 5.38. The Hall–Kier alpha value is -2.14. The lowest BCUT2D eigenvalue weighted by Gasteiger charge is -2.36. The maximum atomic E-state index is 5.63. The highest BCUT2D eigenvalue weighted by molar-refractivity contribution is 5.48. The third-order valence-corrected chi connectivity index (χ3v) is 3.97. The number of nitrogen functional groups attached to an aromatic ring is 1. The van der Waals surface area contributed by atoms with Gasteiger partial charge in [-0.25, -0.2) is 4.98 Å². The third kappa shape index (κ3) is 3.70. The van der Waals surface area contributed by atoms with Crippen LogP contribution in [-0.4, -0.2) is 47.6 Å². The molecule has 0 aliphatic carbocycles. The van der Waals surface area contributed by atoms with Gasteiger partial charge in [-0.05, 0) is 36.2 Å². The minimum absolute atomic E-state index is 0.578. The summed E-state index contributed by atoms with van der Waals surface area (Å²) in [6, 6.07) is 8.10. The molecule has 0 radical (unpaired) electrons. The van der Waals surface area contributed by atoms with E-state index in [2.05, 4.69) is 38.0 Å². The summed E-state index contributed by atoms with van der Waals surface area (Å²) in [6.45, 7) is 5.38. The van der Waals surface area contributed by atoms with Crippen molar-refractivity contribution in [2.45, 2.75) is 6.42 Å². The Balaban J connectivity index is 1.48. The second kappa shape index (κ2) is 6.54. The monoisotopic (exact) mass is 283 g/mol. The van der Waals surface area contributed by atoms with Crippen LogP contribution in [0.4, 0.5) is 11.5 Å². The molecular formula is C16H21N5. The number of hydrogen-bond donors (Lipinski definition) is 1. The fourth-order valence-corrected chi connectivity index (χ4v) is 2.65. The SMILES string of the molecule is Nc1ccc(N2CCN(CCc3ccncc3)CC2)cn1. The van der Waals surface area contributed by atoms with Crippen molar-refractivity contribution in [1.82, 2.24) is 14.9 Å². The van der Waals surface area contributed by atoms with Crippen molar-refractivity contribution in [2.24, 2.45) is 0 Å². The normalized spacial score (nSPS) is 16.1. The maximum Gasteiger partial charge on any atom is 0.123 e. The molecule has 5 nitrogen and oxygen atoms in total. The number of rotatable bonds is 4. The van der Waals surface area contributed by atoms with Crippen molar-refractivity contribution in [2.75, 3.05) is 43.4 Å². The van der Waals surface area contributed by atoms with E-state index in [1.165, 1.54) is 5.56 Å². The predicted octanol–water partition coefficient (Wildman–Crippen LogP) is 1.42. The van der Waals surface area contributed by atoms with Gasteiger partial charge in [-0.3, -0.25) is 9.88 Å². The molecule has 110 valence electrons. The van der Waals surface area contributed by atoms with Crippen molar-refractivity contribution >= 4 is 11.5 Å². The molecule has 2 aromatic heterocycles. The molecule has 21 heavy (non-hydrogen) atoms. The van der Waals surface area contributed by atoms with Gasteiger partial charge in [-0.15, -0.1) is 0 Å². The minimum atomic E-state index is 0.578. The number of piperazine rings is 1. The molecule has 1 aliphatic rings. The smallest absolute Gasteiger partial charge is 0.123 e. The van der Waals surface area contributed by atoms with Gasteiger partial charge in [-0.2, -0.15) is 0 Å². The van der Waals surface area contributed by atoms with E-state index in [9.17, 15) is 0 Å². The highest BCUT2D eigenvalue weighted by Crippen LogP contribution is 2.16. The van der Waals surface area contributed by atoms with E-state index < -0.39 is 0 Å². The zero-order valence-electron chi connectivity index (χ0n) is 12.2. The van der Waals surface area contributed by atoms with E-state index in [1.54, 1.807) is 0 Å². The van der Waals surface area contributed by atoms with Gasteiger partial charge in [0.25, 0.3) is 0 Å². The lowest BCUT2D eigenvalue weighted by atomic mass is 10.2. The Morgan fingerprint density at radius 3 is 2.43 bits per heavy atom. The van der Waals surface area contributed by atoms with Gasteiger partial charge in [0.15, 0.2) is 0 Å². The highest BCUT2D eigenvalue weighted by Gasteiger charge is 2.17. The maximum absolute atomic E-state index is 5.63. The number of aromatic nitrogens is 2. The van der Waals surface area contributed by atoms with Gasteiger partial charge in [0, 0.05) is 45.1 Å². The van der Waals surface area contributed by atoms with Crippen molar-refractivity contribution in [3.8, 4) is 0 Å². The summed E-state index contributed by atoms with van der Waals surface area (Å²) in [7, 11) is 0. The summed E-state index contributed by atoms with van der Waals surface area (Å²) in [5.41, 5.74) is 8.15. The molecule has 1 aliphatic heterocycles. The van der Waals surface area contributed by atoms with Crippen molar-refractivity contribution < 1.29 is 0 Å². The molecule has 2 N–H and O–H groups in total. The lowest BCUT2D eigenvalue weighted by Crippen LogP contribution is -2.47. The molecule has 3 heterocycles. The molecule has 0 saturated carbocycles. The summed E-state index contributed by atoms with van der Waals surface area (Å²) in [5, 5.41) is 0. The molecule has 1 saturated heterocycles. The van der Waals surface area contributed by atoms with Crippen LogP contribution in [0.15, 0.2) is 42.9 Å². The zero-order valence-corrected chi connectivity index (χ0v) is 12.2. The number of hydrogen-bond acceptors (Lipinski definition) is 5. The van der Waals surface area contributed by atoms with Gasteiger partial charge in [0.1, 0.15) is 5.82 Å². The Kier molecular flexibility index (Phi) is 4.31. The first-order chi connectivity index (χ1) is 10.3. The van der Waals surface area contributed by atoms with Crippen molar-refractivity contribution in [3.63, 3.8) is 0 Å². The largest absolute Gasteiger partial charge is 0.384 e. The third-order valence-electron chi connectivity index (χ3n) is 3.97. The average molecular weight is 283 g/mol. The highest BCUT2D eigenvalue weighted by atomic mass is 15.3. The van der Waals surface area contributed by atoms with Crippen LogP contribution in [0.3, 0.4) is 0 Å². The lowest BCUT2D eigenvalue weighted by molar-refractivity contribution is 0.261. The molecule has 2 aromatic rings. The molecule has 5 heteroatoms. The van der Waals surface area contributed by atoms with Crippen LogP contribution in [0.2, 0.25) is 0 Å². The Morgan fingerprint density at radius 2 is 1.76 bits per heavy atom. The van der Waals surface area contributed by atoms with Crippen molar-refractivity contribution in [1.29, 1.82) is 0 Å². The van der Waals surface area contributed by atoms with Crippen molar-refractivity contribution in [3.05, 3.63) is 48.4 Å². The van der Waals surface area contributed by atoms with Crippen LogP contribution in [0.1, 0.15) is 5.56 Å². The van der Waals surface area contributed by atoms with Gasteiger partial charge < -0.3 is 10.6 Å². The summed E-state index contributed by atoms with van der Waals surface area (Å²) < 4.78 is 0. The average Bonchev–Trinajstić information content (AvgIpc) is 2.55. The van der Waals surface area contributed by atoms with Crippen LogP contribution < -0.4 is 10.6 Å². The number of anilines is 2. The molecule has 3 rings (SSSR count). The predicted molar refractivity (Wildman–Crippen MR) is 85.2 cm³/mol. The Morgan fingerprint density at radius 1 is 1.00 bits per heavy atom. The first-order valence-corrected chi connectivity index (χ1v) is 7.39. The molecule has 0 amide bonds. The van der Waals surface area contributed by atoms with Gasteiger partial charge >= 0.3 is 0 Å². The van der Waals surface area contributed by atoms with Crippen LogP contribution in [0.25, 0.3) is 0 Å². The minimum Gasteiger partial charge on any atom is -0.384 e. The quantitative estimate of drug-likeness (QED) is 0.919. The molecule has 1 fully saturated rings. The first-order valence-electron chi connectivity index (χ1n) is 7.39. The van der Waals surface area contributed by atoms with E-state index in [4.69, 9.17) is 5.73 Å². The van der Waals surface area contributed by atoms with E-state index in [-0.39, 0.29) is 0 Å². The van der Waals surface area contributed by atoms with E-state index >= 15 is 0 Å². The molecular weight excluding hydrogens is 262 g/mol. The van der Waals surface area contributed by atoms with E-state index in [0.29, 0.717) is 5.82 Å². The summed E-state index contributed by atoms with van der Waals surface area (Å²) in [4.78, 5) is 13.1. The van der Waals surface area contributed by atoms with Crippen LogP contribution in [-0.2, 0) is 6.42 Å². The second-order valence-corrected chi connectivity index (χ2v) is 5.38. The molecule has 0 atom stereocenters. The summed E-state index contributed by atoms with van der Waals surface area (Å²) in [5.74, 6) is 0.578. The molecule has 0 aromatic carbocycles. The number of pyridine rings is 2. The van der Waals surface area contributed by atoms with Crippen LogP contribution >= 0.6 is 0 Å². The Bertz CT molecular complexity index is 547. The summed E-state index contributed by atoms with van der Waals surface area (Å²) >= 11 is 0. The zero-order chi connectivity index (χ0) is 14.5. The van der Waals surface area contributed by atoms with Gasteiger partial charge in [0.2, 0.25) is 0 Å². The Labute approximate surface area is 125 Å².